The highest BCUT2D eigenvalue weighted by Crippen LogP contribution is 2.18. The number of piperidine rings is 1. The Bertz CT molecular complexity index is 526. The van der Waals surface area contributed by atoms with Gasteiger partial charge >= 0.3 is 5.97 Å². The van der Waals surface area contributed by atoms with Crippen LogP contribution >= 0.6 is 0 Å². The maximum Gasteiger partial charge on any atom is 0.310 e. The van der Waals surface area contributed by atoms with E-state index in [1.807, 2.05) is 24.7 Å². The number of carbonyl (C=O) groups excluding carboxylic acids is 1. The van der Waals surface area contributed by atoms with Crippen LogP contribution in [-0.4, -0.2) is 53.4 Å². The van der Waals surface area contributed by atoms with Gasteiger partial charge < -0.3 is 15.0 Å². The molecule has 0 saturated carbocycles. The molecule has 2 heterocycles. The van der Waals surface area contributed by atoms with Crippen molar-refractivity contribution in [2.45, 2.75) is 26.3 Å². The summed E-state index contributed by atoms with van der Waals surface area (Å²) < 4.78 is 6.97. The lowest BCUT2D eigenvalue weighted by Crippen LogP contribution is -2.48. The molecular formula is C15H25N5O2. The van der Waals surface area contributed by atoms with Gasteiger partial charge in [-0.25, -0.2) is 0 Å². The first-order chi connectivity index (χ1) is 10.7. The topological polar surface area (TPSA) is 71.8 Å². The standard InChI is InChI=1S/C15H25N5O2/c1-4-22-14(21)12-6-5-9-20(11-12)15(16-2)17-10-13-7-8-18-19(13)3/h7-8,12H,4-6,9-11H2,1-3H3,(H,16,17)/t12-/m1/s1. The van der Waals surface area contributed by atoms with Gasteiger partial charge in [-0.15, -0.1) is 0 Å². The number of ether oxygens (including phenoxy) is 1. The Kier molecular flexibility index (Phi) is 5.80. The minimum Gasteiger partial charge on any atom is -0.466 e. The van der Waals surface area contributed by atoms with Crippen molar-refractivity contribution in [3.05, 3.63) is 18.0 Å². The molecule has 2 rings (SSSR count). The minimum atomic E-state index is -0.103. The molecule has 1 saturated heterocycles. The molecule has 0 amide bonds. The highest BCUT2D eigenvalue weighted by Gasteiger charge is 2.28. The van der Waals surface area contributed by atoms with E-state index in [2.05, 4.69) is 20.3 Å². The summed E-state index contributed by atoms with van der Waals surface area (Å²) in [5, 5.41) is 7.49. The maximum absolute atomic E-state index is 11.9. The van der Waals surface area contributed by atoms with Gasteiger partial charge in [0.25, 0.3) is 0 Å². The van der Waals surface area contributed by atoms with Gasteiger partial charge in [0.05, 0.1) is 24.8 Å². The first-order valence-electron chi connectivity index (χ1n) is 7.74. The van der Waals surface area contributed by atoms with Gasteiger partial charge in [-0.2, -0.15) is 5.10 Å². The molecule has 1 aliphatic rings. The Hall–Kier alpha value is -2.05. The van der Waals surface area contributed by atoms with Crippen LogP contribution in [0.4, 0.5) is 0 Å². The number of nitrogens with zero attached hydrogens (tertiary/aromatic N) is 4. The molecule has 1 fully saturated rings. The number of rotatable bonds is 4. The van der Waals surface area contributed by atoms with Crippen LogP contribution < -0.4 is 5.32 Å². The summed E-state index contributed by atoms with van der Waals surface area (Å²) in [6.07, 6.45) is 3.63. The Labute approximate surface area is 131 Å². The monoisotopic (exact) mass is 307 g/mol. The highest BCUT2D eigenvalue weighted by molar-refractivity contribution is 5.81. The van der Waals surface area contributed by atoms with Crippen LogP contribution in [0.5, 0.6) is 0 Å². The van der Waals surface area contributed by atoms with Crippen LogP contribution in [0.25, 0.3) is 0 Å². The second-order valence-corrected chi connectivity index (χ2v) is 5.38. The number of nitrogens with one attached hydrogen (secondary N) is 1. The van der Waals surface area contributed by atoms with E-state index in [4.69, 9.17) is 4.74 Å². The zero-order valence-corrected chi connectivity index (χ0v) is 13.6. The van der Waals surface area contributed by atoms with Crippen molar-refractivity contribution in [1.82, 2.24) is 20.0 Å². The largest absolute Gasteiger partial charge is 0.466 e. The van der Waals surface area contributed by atoms with Gasteiger partial charge in [0.2, 0.25) is 0 Å². The maximum atomic E-state index is 11.9. The number of aromatic nitrogens is 2. The smallest absolute Gasteiger partial charge is 0.310 e. The molecule has 1 aromatic rings. The Morgan fingerprint density at radius 1 is 1.59 bits per heavy atom. The first kappa shape index (κ1) is 16.3. The zero-order valence-electron chi connectivity index (χ0n) is 13.6. The van der Waals surface area contributed by atoms with Crippen LogP contribution in [0.1, 0.15) is 25.5 Å². The van der Waals surface area contributed by atoms with Crippen molar-refractivity contribution in [3.8, 4) is 0 Å². The molecule has 7 heteroatoms. The van der Waals surface area contributed by atoms with E-state index in [1.165, 1.54) is 0 Å². The van der Waals surface area contributed by atoms with Crippen molar-refractivity contribution in [1.29, 1.82) is 0 Å². The quantitative estimate of drug-likeness (QED) is 0.505. The third-order valence-corrected chi connectivity index (χ3v) is 3.90. The van der Waals surface area contributed by atoms with E-state index in [0.717, 1.165) is 31.0 Å². The summed E-state index contributed by atoms with van der Waals surface area (Å²) in [4.78, 5) is 18.4. The van der Waals surface area contributed by atoms with Crippen molar-refractivity contribution < 1.29 is 9.53 Å². The summed E-state index contributed by atoms with van der Waals surface area (Å²) in [6.45, 7) is 4.49. The number of aryl methyl sites for hydroxylation is 1. The molecule has 0 radical (unpaired) electrons. The fourth-order valence-electron chi connectivity index (χ4n) is 2.70. The number of guanidine groups is 1. The van der Waals surface area contributed by atoms with Gasteiger partial charge in [-0.1, -0.05) is 0 Å². The van der Waals surface area contributed by atoms with Gasteiger partial charge in [-0.3, -0.25) is 14.5 Å². The van der Waals surface area contributed by atoms with E-state index >= 15 is 0 Å². The summed E-state index contributed by atoms with van der Waals surface area (Å²) in [5.74, 6) is 0.647. The summed E-state index contributed by atoms with van der Waals surface area (Å²) >= 11 is 0. The van der Waals surface area contributed by atoms with E-state index in [9.17, 15) is 4.79 Å². The molecule has 0 bridgehead atoms. The van der Waals surface area contributed by atoms with Crippen molar-refractivity contribution in [2.75, 3.05) is 26.7 Å². The summed E-state index contributed by atoms with van der Waals surface area (Å²) in [6, 6.07) is 1.97. The summed E-state index contributed by atoms with van der Waals surface area (Å²) in [7, 11) is 3.68. The Morgan fingerprint density at radius 2 is 2.41 bits per heavy atom. The molecule has 0 aliphatic carbocycles. The SMILES string of the molecule is CCOC(=O)[C@@H]1CCCN(C(=NC)NCc2ccnn2C)C1. The van der Waals surface area contributed by atoms with Crippen molar-refractivity contribution in [2.24, 2.45) is 18.0 Å². The predicted molar refractivity (Wildman–Crippen MR) is 84.3 cm³/mol. The van der Waals surface area contributed by atoms with Crippen LogP contribution in [0.2, 0.25) is 0 Å². The lowest BCUT2D eigenvalue weighted by molar-refractivity contribution is -0.149. The second-order valence-electron chi connectivity index (χ2n) is 5.38. The van der Waals surface area contributed by atoms with Crippen LogP contribution in [0.15, 0.2) is 17.3 Å². The number of likely N-dealkylation sites (tertiary alicyclic amines) is 1. The Balaban J connectivity index is 1.92. The second kappa shape index (κ2) is 7.82. The number of carbonyl (C=O) groups is 1. The van der Waals surface area contributed by atoms with Crippen molar-refractivity contribution >= 4 is 11.9 Å². The van der Waals surface area contributed by atoms with E-state index in [-0.39, 0.29) is 11.9 Å². The van der Waals surface area contributed by atoms with Crippen LogP contribution in [-0.2, 0) is 23.1 Å². The van der Waals surface area contributed by atoms with Gasteiger partial charge in [0, 0.05) is 33.4 Å². The highest BCUT2D eigenvalue weighted by atomic mass is 16.5. The molecule has 1 N–H and O–H groups in total. The molecule has 1 aliphatic heterocycles. The van der Waals surface area contributed by atoms with Crippen LogP contribution in [0, 0.1) is 5.92 Å². The molecule has 0 spiro atoms. The lowest BCUT2D eigenvalue weighted by atomic mass is 9.98. The molecule has 1 aromatic heterocycles. The third-order valence-electron chi connectivity index (χ3n) is 3.90. The van der Waals surface area contributed by atoms with Gasteiger partial charge in [-0.05, 0) is 25.8 Å². The predicted octanol–water partition coefficient (Wildman–Crippen LogP) is 0.771. The first-order valence-corrected chi connectivity index (χ1v) is 7.74. The van der Waals surface area contributed by atoms with E-state index in [1.54, 1.807) is 13.2 Å². The molecule has 122 valence electrons. The molecule has 22 heavy (non-hydrogen) atoms. The fourth-order valence-corrected chi connectivity index (χ4v) is 2.70. The lowest BCUT2D eigenvalue weighted by Gasteiger charge is -2.33. The average molecular weight is 307 g/mol. The number of hydrogen-bond acceptors (Lipinski definition) is 4. The van der Waals surface area contributed by atoms with E-state index < -0.39 is 0 Å². The number of aliphatic imine (C=N–C) groups is 1. The fraction of sp³-hybridized carbons (Fsp3) is 0.667. The number of hydrogen-bond donors (Lipinski definition) is 1. The summed E-state index contributed by atoms with van der Waals surface area (Å²) in [5.41, 5.74) is 1.08. The van der Waals surface area contributed by atoms with Gasteiger partial charge in [0.1, 0.15) is 0 Å². The molecule has 7 nitrogen and oxygen atoms in total. The molecule has 0 unspecified atom stereocenters. The van der Waals surface area contributed by atoms with Crippen LogP contribution in [0.3, 0.4) is 0 Å². The average Bonchev–Trinajstić information content (AvgIpc) is 2.94. The molecule has 1 atom stereocenters. The molecule has 0 aromatic carbocycles. The Morgan fingerprint density at radius 3 is 3.05 bits per heavy atom. The third kappa shape index (κ3) is 3.99. The van der Waals surface area contributed by atoms with E-state index in [0.29, 0.717) is 19.7 Å². The van der Waals surface area contributed by atoms with Gasteiger partial charge in [0.15, 0.2) is 5.96 Å². The normalized spacial score (nSPS) is 19.1. The minimum absolute atomic E-state index is 0.0658. The number of esters is 1. The molecular weight excluding hydrogens is 282 g/mol. The zero-order chi connectivity index (χ0) is 15.9. The van der Waals surface area contributed by atoms with Crippen molar-refractivity contribution in [3.63, 3.8) is 0 Å².